The van der Waals surface area contributed by atoms with Gasteiger partial charge in [0, 0.05) is 29.8 Å². The van der Waals surface area contributed by atoms with Gasteiger partial charge in [-0.2, -0.15) is 0 Å². The molecule has 1 heterocycles. The topological polar surface area (TPSA) is 47.0 Å². The zero-order chi connectivity index (χ0) is 45.7. The summed E-state index contributed by atoms with van der Waals surface area (Å²) in [6, 6.07) is 12.5. The molecule has 0 saturated heterocycles. The predicted octanol–water partition coefficient (Wildman–Crippen LogP) is 7.78. The molecule has 0 unspecified atom stereocenters. The van der Waals surface area contributed by atoms with Gasteiger partial charge in [0.25, 0.3) is 5.69 Å². The van der Waals surface area contributed by atoms with Gasteiger partial charge in [0.15, 0.2) is 88.7 Å². The quantitative estimate of drug-likeness (QED) is 0.0313. The van der Waals surface area contributed by atoms with E-state index in [1.165, 1.54) is 6.07 Å². The van der Waals surface area contributed by atoms with Crippen LogP contribution in [-0.2, 0) is 6.54 Å². The third-order valence-corrected chi connectivity index (χ3v) is 8.97. The molecule has 6 aromatic rings. The minimum Gasteiger partial charge on any atom is -0.258 e. The number of rotatable bonds is 7. The van der Waals surface area contributed by atoms with E-state index in [2.05, 4.69) is 0 Å². The molecule has 0 spiro atoms. The average molecular weight is 894 g/mol. The van der Waals surface area contributed by atoms with E-state index in [1.807, 2.05) is 41.2 Å². The Labute approximate surface area is 324 Å². The Kier molecular flexibility index (Phi) is 12.5. The molecule has 0 radical (unpaired) electrons. The Morgan fingerprint density at radius 1 is 0.393 bits per heavy atom. The van der Waals surface area contributed by atoms with Crippen LogP contribution in [0.15, 0.2) is 54.9 Å². The summed E-state index contributed by atoms with van der Waals surface area (Å²) in [6.07, 6.45) is -3.36. The van der Waals surface area contributed by atoms with Crippen LogP contribution in [0.25, 0.3) is 0 Å². The molecule has 0 N–H and O–H groups in total. The number of non-ortho nitro benzene ring substituents is 1. The molecule has 0 aliphatic rings. The van der Waals surface area contributed by atoms with Crippen molar-refractivity contribution in [3.05, 3.63) is 187 Å². The molecular weight excluding hydrogens is 883 g/mol. The van der Waals surface area contributed by atoms with E-state index >= 15 is 35.1 Å². The zero-order valence-corrected chi connectivity index (χ0v) is 28.8. The van der Waals surface area contributed by atoms with E-state index in [1.54, 1.807) is 12.1 Å². The van der Waals surface area contributed by atoms with Gasteiger partial charge in [-0.1, -0.05) is 18.2 Å². The van der Waals surface area contributed by atoms with Gasteiger partial charge >= 0.3 is 0 Å². The van der Waals surface area contributed by atoms with Crippen LogP contribution >= 0.6 is 0 Å². The molecule has 0 aliphatic carbocycles. The molecule has 0 amide bonds. The normalized spacial score (nSPS) is 11.5. The van der Waals surface area contributed by atoms with Gasteiger partial charge in [-0.15, -0.1) is 21.9 Å². The number of pyridine rings is 1. The standard InChI is InChI=1S/C24BF20.C12H11N2O2/c26-5-1(6(27)14(35)21(42)13(5)34)25(2-7(28)15(36)22(43)16(37)8(2)29,3-9(30)17(38)23(44)18(39)10(3)31)4-11(32)19(40)24(45)20(41)12(4)33;15-14(16)12-6-4-5-11(9-12)10-13-7-2-1-3-8-13/h;1-9H,10H2/q-1;+1. The van der Waals surface area contributed by atoms with Crippen molar-refractivity contribution in [3.8, 4) is 0 Å². The second-order valence-corrected chi connectivity index (χ2v) is 12.3. The maximum atomic E-state index is 15.4. The SMILES string of the molecule is Fc1c(F)c(F)c([B-](c2c(F)c(F)c(F)c(F)c2F)(c2c(F)c(F)c(F)c(F)c2F)c2c(F)c(F)c(F)c(F)c2F)c(F)c1F.O=[N+]([O-])c1cccc(C[n+]2ccccc2)c1. The molecule has 61 heavy (non-hydrogen) atoms. The molecule has 0 saturated carbocycles. The highest BCUT2D eigenvalue weighted by atomic mass is 19.2. The monoisotopic (exact) mass is 894 g/mol. The Morgan fingerprint density at radius 2 is 0.656 bits per heavy atom. The first-order valence-corrected chi connectivity index (χ1v) is 15.9. The second-order valence-electron chi connectivity index (χ2n) is 12.3. The lowest BCUT2D eigenvalue weighted by atomic mass is 9.12. The smallest absolute Gasteiger partial charge is 0.258 e. The maximum Gasteiger partial charge on any atom is 0.269 e. The van der Waals surface area contributed by atoms with Crippen molar-refractivity contribution >= 4 is 33.7 Å². The van der Waals surface area contributed by atoms with Crippen molar-refractivity contribution < 1.29 is 97.3 Å². The number of nitro groups is 1. The van der Waals surface area contributed by atoms with E-state index < -0.39 is 144 Å². The number of nitro benzene ring substituents is 1. The van der Waals surface area contributed by atoms with Gasteiger partial charge in [0.05, 0.1) is 4.92 Å². The summed E-state index contributed by atoms with van der Waals surface area (Å²) in [6.45, 7) is 0.641. The Bertz CT molecular complexity index is 2390. The summed E-state index contributed by atoms with van der Waals surface area (Å²) in [7, 11) is 0. The lowest BCUT2D eigenvalue weighted by Crippen LogP contribution is -2.81. The number of hydrogen-bond acceptors (Lipinski definition) is 2. The summed E-state index contributed by atoms with van der Waals surface area (Å²) in [5, 5.41) is 10.6. The molecule has 4 nitrogen and oxygen atoms in total. The summed E-state index contributed by atoms with van der Waals surface area (Å²) in [5.41, 5.74) is -13.3. The molecule has 0 fully saturated rings. The predicted molar refractivity (Wildman–Crippen MR) is 168 cm³/mol. The summed E-state index contributed by atoms with van der Waals surface area (Å²) < 4.78 is 296. The first-order valence-electron chi connectivity index (χ1n) is 15.9. The number of aromatic nitrogens is 1. The van der Waals surface area contributed by atoms with Crippen LogP contribution in [0.3, 0.4) is 0 Å². The first-order chi connectivity index (χ1) is 28.5. The minimum atomic E-state index is -7.22. The van der Waals surface area contributed by atoms with Gasteiger partial charge in [0.2, 0.25) is 0 Å². The van der Waals surface area contributed by atoms with Crippen LogP contribution < -0.4 is 26.4 Å². The van der Waals surface area contributed by atoms with E-state index in [9.17, 15) is 62.8 Å². The van der Waals surface area contributed by atoms with Crippen molar-refractivity contribution in [2.75, 3.05) is 0 Å². The molecule has 5 aromatic carbocycles. The average Bonchev–Trinajstić information content (AvgIpc) is 3.24. The first kappa shape index (κ1) is 45.4. The van der Waals surface area contributed by atoms with Crippen molar-refractivity contribution in [2.24, 2.45) is 0 Å². The van der Waals surface area contributed by atoms with Gasteiger partial charge in [-0.3, -0.25) is 10.1 Å². The lowest BCUT2D eigenvalue weighted by molar-refractivity contribution is -0.688. The van der Waals surface area contributed by atoms with Gasteiger partial charge < -0.3 is 0 Å². The number of hydrogen-bond donors (Lipinski definition) is 0. The van der Waals surface area contributed by atoms with Gasteiger partial charge in [-0.05, 0) is 0 Å². The minimum absolute atomic E-state index is 0.133. The van der Waals surface area contributed by atoms with Crippen LogP contribution in [0.4, 0.5) is 93.5 Å². The lowest BCUT2D eigenvalue weighted by Gasteiger charge is -2.44. The molecular formula is C36H11BF20N2O2. The van der Waals surface area contributed by atoms with E-state index in [4.69, 9.17) is 0 Å². The van der Waals surface area contributed by atoms with Crippen molar-refractivity contribution in [2.45, 2.75) is 6.54 Å². The van der Waals surface area contributed by atoms with E-state index in [0.717, 1.165) is 5.56 Å². The van der Waals surface area contributed by atoms with Gasteiger partial charge in [-0.25, -0.2) is 92.4 Å². The summed E-state index contributed by atoms with van der Waals surface area (Å²) in [4.78, 5) is 10.2. The highest BCUT2D eigenvalue weighted by Crippen LogP contribution is 2.30. The second kappa shape index (κ2) is 16.8. The van der Waals surface area contributed by atoms with Crippen LogP contribution in [0.5, 0.6) is 0 Å². The molecule has 0 atom stereocenters. The number of halogens is 20. The number of benzene rings is 5. The molecule has 25 heteroatoms. The molecule has 1 aromatic heterocycles. The van der Waals surface area contributed by atoms with Crippen molar-refractivity contribution in [3.63, 3.8) is 0 Å². The molecule has 0 aliphatic heterocycles. The summed E-state index contributed by atoms with van der Waals surface area (Å²) >= 11 is 0. The fraction of sp³-hybridized carbons (Fsp3) is 0.0278. The fourth-order valence-corrected chi connectivity index (χ4v) is 6.39. The Balaban J connectivity index is 0.000000366. The number of nitrogens with zero attached hydrogens (tertiary/aromatic N) is 2. The van der Waals surface area contributed by atoms with Crippen LogP contribution in [0.2, 0.25) is 0 Å². The molecule has 6 rings (SSSR count). The van der Waals surface area contributed by atoms with Gasteiger partial charge in [0.1, 0.15) is 52.7 Å². The zero-order valence-electron chi connectivity index (χ0n) is 28.8. The highest BCUT2D eigenvalue weighted by Gasteiger charge is 2.52. The summed E-state index contributed by atoms with van der Waals surface area (Å²) in [5.74, 6) is -71.4. The third-order valence-electron chi connectivity index (χ3n) is 8.97. The Hall–Kier alpha value is -6.69. The van der Waals surface area contributed by atoms with Crippen molar-refractivity contribution in [1.29, 1.82) is 0 Å². The largest absolute Gasteiger partial charge is 0.269 e. The van der Waals surface area contributed by atoms with E-state index in [-0.39, 0.29) is 10.6 Å². The van der Waals surface area contributed by atoms with Crippen LogP contribution in [-0.4, -0.2) is 11.1 Å². The fourth-order valence-electron chi connectivity index (χ4n) is 6.39. The van der Waals surface area contributed by atoms with Crippen LogP contribution in [0.1, 0.15) is 5.56 Å². The van der Waals surface area contributed by atoms with Crippen LogP contribution in [0, 0.1) is 126 Å². The Morgan fingerprint density at radius 3 is 0.918 bits per heavy atom. The molecule has 0 bridgehead atoms. The van der Waals surface area contributed by atoms with E-state index in [0.29, 0.717) is 6.54 Å². The highest BCUT2D eigenvalue weighted by molar-refractivity contribution is 7.20. The van der Waals surface area contributed by atoms with Crippen molar-refractivity contribution in [1.82, 2.24) is 0 Å². The third kappa shape index (κ3) is 7.23. The molecule has 320 valence electrons. The maximum absolute atomic E-state index is 15.4.